The van der Waals surface area contributed by atoms with Gasteiger partial charge in [0.2, 0.25) is 0 Å². The van der Waals surface area contributed by atoms with Crippen LogP contribution in [0.25, 0.3) is 0 Å². The Kier molecular flexibility index (Phi) is 12.6. The third kappa shape index (κ3) is 5.62. The molecule has 1 aliphatic rings. The Labute approximate surface area is 246 Å². The smallest absolute Gasteiger partial charge is 0.143 e. The van der Waals surface area contributed by atoms with Gasteiger partial charge in [0, 0.05) is 21.7 Å². The maximum absolute atomic E-state index is 4.03. The molecule has 0 aliphatic heterocycles. The molecule has 0 spiro atoms. The van der Waals surface area contributed by atoms with Crippen LogP contribution >= 0.6 is 37.2 Å². The number of halogens is 3. The van der Waals surface area contributed by atoms with Gasteiger partial charge in [-0.2, -0.15) is 11.1 Å². The second kappa shape index (κ2) is 13.0. The predicted octanol–water partition coefficient (Wildman–Crippen LogP) is 7.20. The van der Waals surface area contributed by atoms with Crippen molar-refractivity contribution in [3.63, 3.8) is 0 Å². The summed E-state index contributed by atoms with van der Waals surface area (Å²) >= 11 is 0. The van der Waals surface area contributed by atoms with Gasteiger partial charge in [-0.1, -0.05) is 115 Å². The molecule has 0 saturated heterocycles. The maximum atomic E-state index is 4.03. The van der Waals surface area contributed by atoms with Gasteiger partial charge in [0.25, 0.3) is 0 Å². The van der Waals surface area contributed by atoms with Crippen molar-refractivity contribution in [3.05, 3.63) is 112 Å². The Hall–Kier alpha value is -1.06. The summed E-state index contributed by atoms with van der Waals surface area (Å²) in [6.45, 7) is 15.9. The first-order chi connectivity index (χ1) is 14.7. The monoisotopic (exact) mass is 577 g/mol. The van der Waals surface area contributed by atoms with Crippen molar-refractivity contribution in [1.82, 2.24) is 0 Å². The molecule has 0 nitrogen and oxygen atoms in total. The van der Waals surface area contributed by atoms with E-state index in [9.17, 15) is 0 Å². The van der Waals surface area contributed by atoms with Crippen molar-refractivity contribution in [1.29, 1.82) is 0 Å². The van der Waals surface area contributed by atoms with E-state index in [2.05, 4.69) is 127 Å². The molecule has 5 heteroatoms. The van der Waals surface area contributed by atoms with Gasteiger partial charge in [-0.05, 0) is 36.3 Å². The van der Waals surface area contributed by atoms with Crippen molar-refractivity contribution < 1.29 is 21.7 Å². The van der Waals surface area contributed by atoms with E-state index in [-0.39, 0.29) is 64.0 Å². The molecule has 0 bridgehead atoms. The van der Waals surface area contributed by atoms with E-state index < -0.39 is 8.07 Å². The van der Waals surface area contributed by atoms with E-state index in [0.717, 1.165) is 0 Å². The number of rotatable bonds is 4. The summed E-state index contributed by atoms with van der Waals surface area (Å²) in [6.07, 6.45) is 4.03. The summed E-state index contributed by atoms with van der Waals surface area (Å²) in [5.74, 6) is 0. The quantitative estimate of drug-likeness (QED) is 0.174. The maximum Gasteiger partial charge on any atom is 0.143 e. The van der Waals surface area contributed by atoms with Gasteiger partial charge in [-0.3, -0.25) is 6.08 Å². The Morgan fingerprint density at radius 2 is 0.943 bits per heavy atom. The SMILES string of the molecule is CC1=[C-]C(C)([Si](c2cccc(C)c2)(c2cccc(C)c2)c2cccc(C)c2)C(C)=C1C.Cl.Cl.Cl.[Ti]. The molecule has 186 valence electrons. The Morgan fingerprint density at radius 1 is 0.600 bits per heavy atom. The van der Waals surface area contributed by atoms with E-state index in [1.165, 1.54) is 49.0 Å². The minimum absolute atomic E-state index is 0. The van der Waals surface area contributed by atoms with Crippen molar-refractivity contribution in [3.8, 4) is 0 Å². The van der Waals surface area contributed by atoms with Gasteiger partial charge >= 0.3 is 0 Å². The normalized spacial score (nSPS) is 16.8. The van der Waals surface area contributed by atoms with Crippen LogP contribution in [0.15, 0.2) is 89.5 Å². The van der Waals surface area contributed by atoms with Gasteiger partial charge in [0.1, 0.15) is 8.07 Å². The van der Waals surface area contributed by atoms with E-state index in [1.54, 1.807) is 0 Å². The number of aryl methyl sites for hydroxylation is 3. The molecule has 0 fully saturated rings. The van der Waals surface area contributed by atoms with Crippen molar-refractivity contribution >= 4 is 60.9 Å². The largest absolute Gasteiger partial charge is 0.265 e. The molecule has 3 aromatic rings. The Morgan fingerprint density at radius 3 is 1.20 bits per heavy atom. The number of hydrogen-bond acceptors (Lipinski definition) is 0. The Bertz CT molecular complexity index is 1120. The van der Waals surface area contributed by atoms with Crippen LogP contribution in [0.2, 0.25) is 5.04 Å². The zero-order valence-electron chi connectivity index (χ0n) is 21.7. The first-order valence-corrected chi connectivity index (χ1v) is 13.2. The number of hydrogen-bond donors (Lipinski definition) is 0. The number of benzene rings is 3. The first-order valence-electron chi connectivity index (χ1n) is 11.2. The third-order valence-corrected chi connectivity index (χ3v) is 12.9. The van der Waals surface area contributed by atoms with Crippen LogP contribution in [-0.4, -0.2) is 8.07 Å². The van der Waals surface area contributed by atoms with Crippen molar-refractivity contribution in [2.75, 3.05) is 0 Å². The van der Waals surface area contributed by atoms with Gasteiger partial charge in [-0.15, -0.1) is 44.1 Å². The molecule has 0 radical (unpaired) electrons. The zero-order valence-corrected chi connectivity index (χ0v) is 26.7. The molecular weight excluding hydrogens is 543 g/mol. The second-order valence-corrected chi connectivity index (χ2v) is 13.7. The molecule has 1 aliphatic carbocycles. The summed E-state index contributed by atoms with van der Waals surface area (Å²) in [7, 11) is -2.55. The molecule has 0 saturated carbocycles. The molecule has 3 aromatic carbocycles. The fraction of sp³-hybridized carbons (Fsp3) is 0.267. The number of allylic oxidation sites excluding steroid dienone is 4. The standard InChI is InChI=1S/C30H33Si.3ClH.Ti/c1-21-11-8-14-27(17-21)31(28-15-9-12-22(2)18-28,29-16-10-13-23(3)19-29)30(7)20-24(4)25(5)26(30)6;;;;/h8-19H,1-7H3;3*1H;/q-1;;;;. The summed E-state index contributed by atoms with van der Waals surface area (Å²) in [6, 6.07) is 27.7. The minimum atomic E-state index is -2.55. The average Bonchev–Trinajstić information content (AvgIpc) is 2.92. The molecule has 1 atom stereocenters. The molecule has 0 amide bonds. The van der Waals surface area contributed by atoms with Crippen LogP contribution in [0.4, 0.5) is 0 Å². The molecule has 4 rings (SSSR count). The van der Waals surface area contributed by atoms with Crippen molar-refractivity contribution in [2.24, 2.45) is 0 Å². The van der Waals surface area contributed by atoms with Crippen LogP contribution in [0.3, 0.4) is 0 Å². The third-order valence-electron chi connectivity index (χ3n) is 7.42. The molecular formula is C30H36Cl3SiTi-. The van der Waals surface area contributed by atoms with E-state index in [1.807, 2.05) is 0 Å². The fourth-order valence-electron chi connectivity index (χ4n) is 5.59. The molecule has 1 unspecified atom stereocenters. The zero-order chi connectivity index (χ0) is 22.4. The van der Waals surface area contributed by atoms with Gasteiger partial charge in [0.15, 0.2) is 0 Å². The molecule has 35 heavy (non-hydrogen) atoms. The van der Waals surface area contributed by atoms with Crippen LogP contribution in [-0.2, 0) is 21.7 Å². The van der Waals surface area contributed by atoms with Crippen LogP contribution in [0.1, 0.15) is 44.4 Å². The first kappa shape index (κ1) is 33.9. The molecule has 0 aromatic heterocycles. The topological polar surface area (TPSA) is 0 Å². The average molecular weight is 579 g/mol. The van der Waals surface area contributed by atoms with Gasteiger partial charge < -0.3 is 0 Å². The van der Waals surface area contributed by atoms with Crippen molar-refractivity contribution in [2.45, 2.75) is 53.5 Å². The van der Waals surface area contributed by atoms with Crippen LogP contribution in [0, 0.1) is 26.8 Å². The molecule has 0 heterocycles. The van der Waals surface area contributed by atoms with E-state index >= 15 is 0 Å². The van der Waals surface area contributed by atoms with Gasteiger partial charge in [0.05, 0.1) is 0 Å². The fourth-order valence-corrected chi connectivity index (χ4v) is 11.8. The summed E-state index contributed by atoms with van der Waals surface area (Å²) in [5.41, 5.74) is 8.10. The summed E-state index contributed by atoms with van der Waals surface area (Å²) in [4.78, 5) is 0. The van der Waals surface area contributed by atoms with E-state index in [0.29, 0.717) is 0 Å². The van der Waals surface area contributed by atoms with Gasteiger partial charge in [-0.25, -0.2) is 5.57 Å². The van der Waals surface area contributed by atoms with Crippen LogP contribution in [0.5, 0.6) is 0 Å². The van der Waals surface area contributed by atoms with E-state index in [4.69, 9.17) is 0 Å². The predicted molar refractivity (Wildman–Crippen MR) is 159 cm³/mol. The minimum Gasteiger partial charge on any atom is -0.265 e. The summed E-state index contributed by atoms with van der Waals surface area (Å²) < 4.78 is 0. The summed E-state index contributed by atoms with van der Waals surface area (Å²) in [5, 5.41) is 4.21. The second-order valence-electron chi connectivity index (χ2n) is 9.48. The Balaban J connectivity index is 0.00000289. The van der Waals surface area contributed by atoms with Crippen LogP contribution < -0.4 is 15.6 Å². The molecule has 0 N–H and O–H groups in total.